The van der Waals surface area contributed by atoms with Crippen LogP contribution in [-0.2, 0) is 6.54 Å². The molecule has 3 N–H and O–H groups in total. The van der Waals surface area contributed by atoms with E-state index in [1.165, 1.54) is 12.8 Å². The number of hydrogen-bond donors (Lipinski definition) is 2. The van der Waals surface area contributed by atoms with E-state index < -0.39 is 0 Å². The highest BCUT2D eigenvalue weighted by molar-refractivity contribution is 5.91. The van der Waals surface area contributed by atoms with Gasteiger partial charge in [0.05, 0.1) is 29.0 Å². The van der Waals surface area contributed by atoms with Crippen LogP contribution in [-0.4, -0.2) is 34.5 Å². The minimum Gasteiger partial charge on any atom is -0.385 e. The average molecular weight is 462 g/mol. The average Bonchev–Trinajstić information content (AvgIpc) is 3.53. The Hall–Kier alpha value is -4.71. The van der Waals surface area contributed by atoms with Crippen molar-refractivity contribution >= 4 is 27.8 Å². The largest absolute Gasteiger partial charge is 0.385 e. The molecule has 172 valence electrons. The number of nitrogens with two attached hydrogens (primary N) is 1. The molecule has 1 saturated carbocycles. The highest BCUT2D eigenvalue weighted by atomic mass is 15.3. The van der Waals surface area contributed by atoms with Crippen molar-refractivity contribution in [3.8, 4) is 23.1 Å². The number of aryl methyl sites for hydroxylation is 1. The lowest BCUT2D eigenvalue weighted by molar-refractivity contribution is 0.578. The number of fused-ring (bicyclic) bond motifs is 2. The Labute approximate surface area is 201 Å². The second kappa shape index (κ2) is 8.25. The fraction of sp³-hybridized carbons (Fsp3) is 0.192. The maximum atomic E-state index is 9.18. The number of aromatic nitrogens is 7. The van der Waals surface area contributed by atoms with Crippen LogP contribution in [0.1, 0.15) is 24.1 Å². The number of rotatable bonds is 4. The topological polar surface area (TPSA) is 127 Å². The Morgan fingerprint density at radius 2 is 1.89 bits per heavy atom. The van der Waals surface area contributed by atoms with Gasteiger partial charge in [-0.25, -0.2) is 14.3 Å². The summed E-state index contributed by atoms with van der Waals surface area (Å²) in [6.45, 7) is 2.77. The lowest BCUT2D eigenvalue weighted by atomic mass is 10.1. The zero-order valence-corrected chi connectivity index (χ0v) is 19.2. The molecule has 0 amide bonds. The first kappa shape index (κ1) is 20.9. The van der Waals surface area contributed by atoms with Gasteiger partial charge in [0.1, 0.15) is 17.2 Å². The predicted octanol–water partition coefficient (Wildman–Crippen LogP) is 4.46. The second-order valence-corrected chi connectivity index (χ2v) is 8.84. The number of nitriles is 1. The number of hydrogen-bond acceptors (Lipinski definition) is 6. The van der Waals surface area contributed by atoms with E-state index in [4.69, 9.17) is 15.8 Å². The van der Waals surface area contributed by atoms with Gasteiger partial charge >= 0.3 is 0 Å². The minimum absolute atomic E-state index is 0.433. The molecule has 35 heavy (non-hydrogen) atoms. The number of H-pyrrole nitrogens is 1. The third-order valence-corrected chi connectivity index (χ3v) is 6.28. The maximum absolute atomic E-state index is 9.18. The van der Waals surface area contributed by atoms with Crippen molar-refractivity contribution in [1.82, 2.24) is 34.5 Å². The molecule has 1 aliphatic carbocycles. The molecular formula is C26H23N9. The number of aromatic amines is 1. The van der Waals surface area contributed by atoms with Crippen LogP contribution in [0.4, 0.5) is 5.82 Å². The normalized spacial score (nSPS) is 13.1. The summed E-state index contributed by atoms with van der Waals surface area (Å²) in [7, 11) is 0. The van der Waals surface area contributed by atoms with Gasteiger partial charge in [0.2, 0.25) is 0 Å². The molecule has 0 radical (unpaired) electrons. The molecule has 0 unspecified atom stereocenters. The molecule has 5 aromatic rings. The molecule has 1 fully saturated rings. The molecule has 6 rings (SSSR count). The second-order valence-electron chi connectivity index (χ2n) is 8.84. The van der Waals surface area contributed by atoms with Crippen LogP contribution in [0.2, 0.25) is 0 Å². The van der Waals surface area contributed by atoms with Crippen molar-refractivity contribution < 1.29 is 0 Å². The first-order chi connectivity index (χ1) is 17.1. The molecule has 1 aromatic carbocycles. The first-order valence-electron chi connectivity index (χ1n) is 11.5. The van der Waals surface area contributed by atoms with Gasteiger partial charge in [-0.05, 0) is 49.9 Å². The van der Waals surface area contributed by atoms with E-state index in [2.05, 4.69) is 21.1 Å². The molecule has 4 heterocycles. The van der Waals surface area contributed by atoms with Gasteiger partial charge in [0.15, 0.2) is 5.82 Å². The number of benzene rings is 1. The van der Waals surface area contributed by atoms with Gasteiger partial charge in [0, 0.05) is 41.3 Å². The molecule has 9 heteroatoms. The Kier molecular flexibility index (Phi) is 4.92. The highest BCUT2D eigenvalue weighted by Crippen LogP contribution is 2.33. The molecule has 0 atom stereocenters. The third-order valence-electron chi connectivity index (χ3n) is 6.28. The summed E-state index contributed by atoms with van der Waals surface area (Å²) in [5.74, 6) is 1.63. The molecule has 0 saturated heterocycles. The highest BCUT2D eigenvalue weighted by Gasteiger charge is 2.24. The fourth-order valence-corrected chi connectivity index (χ4v) is 4.30. The van der Waals surface area contributed by atoms with Gasteiger partial charge in [-0.1, -0.05) is 12.1 Å². The van der Waals surface area contributed by atoms with Crippen molar-refractivity contribution in [2.24, 2.45) is 5.92 Å². The maximum Gasteiger partial charge on any atom is 0.157 e. The summed E-state index contributed by atoms with van der Waals surface area (Å²) in [5.41, 5.74) is 11.4. The molecule has 0 aliphatic heterocycles. The van der Waals surface area contributed by atoms with E-state index in [1.54, 1.807) is 41.5 Å². The van der Waals surface area contributed by atoms with Crippen LogP contribution in [0, 0.1) is 24.2 Å². The van der Waals surface area contributed by atoms with Crippen molar-refractivity contribution in [3.05, 3.63) is 72.3 Å². The zero-order valence-electron chi connectivity index (χ0n) is 19.2. The lowest BCUT2D eigenvalue weighted by Crippen LogP contribution is -2.03. The van der Waals surface area contributed by atoms with E-state index in [9.17, 15) is 5.26 Å². The summed E-state index contributed by atoms with van der Waals surface area (Å²) < 4.78 is 3.75. The van der Waals surface area contributed by atoms with E-state index in [0.717, 1.165) is 45.4 Å². The third kappa shape index (κ3) is 3.85. The Bertz CT molecular complexity index is 1660. The minimum atomic E-state index is 0.433. The van der Waals surface area contributed by atoms with Crippen molar-refractivity contribution in [1.29, 1.82) is 5.26 Å². The molecular weight excluding hydrogens is 438 g/mol. The van der Waals surface area contributed by atoms with Crippen LogP contribution in [0.3, 0.4) is 0 Å². The summed E-state index contributed by atoms with van der Waals surface area (Å²) >= 11 is 0. The van der Waals surface area contributed by atoms with E-state index in [0.29, 0.717) is 23.1 Å². The standard InChI is InChI=1S/C26H23N9/c1-16-20-8-10-29-14-22(20)35(32-16)24-12-23(28)31-26-21(9-11-30-24)25(33-34(26)15-18-2-3-18)19-6-4-17(13-27)5-7-19/h4-12,14,18,31H,2-3,15,28H2,1H3. The van der Waals surface area contributed by atoms with Gasteiger partial charge in [-0.15, -0.1) is 0 Å². The lowest BCUT2D eigenvalue weighted by Gasteiger charge is -2.02. The molecule has 0 spiro atoms. The smallest absolute Gasteiger partial charge is 0.157 e. The number of nitrogen functional groups attached to an aromatic ring is 1. The SMILES string of the molecule is Cc1nn(-c2cc(N)[nH]c3c(ccn2)c(-c2ccc(C#N)cc2)nn3CC2CC2)c2cnccc12. The number of nitrogens with one attached hydrogen (secondary N) is 1. The first-order valence-corrected chi connectivity index (χ1v) is 11.5. The van der Waals surface area contributed by atoms with Crippen molar-refractivity contribution in [2.45, 2.75) is 26.3 Å². The number of pyridine rings is 1. The summed E-state index contributed by atoms with van der Waals surface area (Å²) in [4.78, 5) is 12.3. The van der Waals surface area contributed by atoms with Crippen LogP contribution in [0.5, 0.6) is 0 Å². The predicted molar refractivity (Wildman–Crippen MR) is 134 cm³/mol. The van der Waals surface area contributed by atoms with Gasteiger partial charge in [-0.3, -0.25) is 4.98 Å². The number of anilines is 1. The summed E-state index contributed by atoms with van der Waals surface area (Å²) in [5, 5.41) is 20.7. The molecule has 4 aromatic heterocycles. The van der Waals surface area contributed by atoms with Gasteiger partial charge < -0.3 is 10.7 Å². The zero-order chi connectivity index (χ0) is 23.9. The Balaban J connectivity index is 1.57. The molecule has 0 bridgehead atoms. The fourth-order valence-electron chi connectivity index (χ4n) is 4.30. The summed E-state index contributed by atoms with van der Waals surface area (Å²) in [6, 6.07) is 15.3. The van der Waals surface area contributed by atoms with E-state index in [1.807, 2.05) is 35.9 Å². The van der Waals surface area contributed by atoms with Gasteiger partial charge in [0.25, 0.3) is 0 Å². The quantitative estimate of drug-likeness (QED) is 0.407. The molecule has 1 aliphatic rings. The van der Waals surface area contributed by atoms with Gasteiger partial charge in [-0.2, -0.15) is 15.5 Å². The Morgan fingerprint density at radius 1 is 1.09 bits per heavy atom. The van der Waals surface area contributed by atoms with Crippen LogP contribution in [0.15, 0.2) is 61.1 Å². The number of nitrogens with zero attached hydrogens (tertiary/aromatic N) is 7. The van der Waals surface area contributed by atoms with Crippen LogP contribution < -0.4 is 5.73 Å². The summed E-state index contributed by atoms with van der Waals surface area (Å²) in [6.07, 6.45) is 7.69. The molecule has 9 nitrogen and oxygen atoms in total. The van der Waals surface area contributed by atoms with E-state index >= 15 is 0 Å². The monoisotopic (exact) mass is 461 g/mol. The Morgan fingerprint density at radius 3 is 2.66 bits per heavy atom. The van der Waals surface area contributed by atoms with Crippen LogP contribution >= 0.6 is 0 Å². The van der Waals surface area contributed by atoms with Crippen molar-refractivity contribution in [2.75, 3.05) is 5.73 Å². The van der Waals surface area contributed by atoms with Crippen LogP contribution in [0.25, 0.3) is 39.0 Å². The van der Waals surface area contributed by atoms with E-state index in [-0.39, 0.29) is 0 Å². The van der Waals surface area contributed by atoms with Crippen molar-refractivity contribution in [3.63, 3.8) is 0 Å².